The van der Waals surface area contributed by atoms with Crippen molar-refractivity contribution < 1.29 is 17.9 Å². The van der Waals surface area contributed by atoms with Crippen LogP contribution >= 0.6 is 0 Å². The number of nitrogens with one attached hydrogen (secondary N) is 2. The van der Waals surface area contributed by atoms with Gasteiger partial charge in [-0.1, -0.05) is 29.8 Å². The number of carbonyl (C=O) groups excluding carboxylic acids is 1. The van der Waals surface area contributed by atoms with Gasteiger partial charge < -0.3 is 10.1 Å². The first-order chi connectivity index (χ1) is 14.4. The average Bonchev–Trinajstić information content (AvgIpc) is 2.75. The van der Waals surface area contributed by atoms with E-state index in [1.807, 2.05) is 19.1 Å². The normalized spacial score (nSPS) is 15.0. The Morgan fingerprint density at radius 1 is 1.03 bits per heavy atom. The molecule has 0 radical (unpaired) electrons. The molecule has 1 aliphatic heterocycles. The van der Waals surface area contributed by atoms with Crippen LogP contribution in [0, 0.1) is 6.92 Å². The molecule has 0 aromatic heterocycles. The first-order valence-corrected chi connectivity index (χ1v) is 11.7. The van der Waals surface area contributed by atoms with Gasteiger partial charge in [-0.2, -0.15) is 0 Å². The summed E-state index contributed by atoms with van der Waals surface area (Å²) in [6.07, 6.45) is 0.936. The number of amides is 1. The third-order valence-electron chi connectivity index (χ3n) is 5.03. The van der Waals surface area contributed by atoms with E-state index in [9.17, 15) is 13.2 Å². The molecule has 0 bridgehead atoms. The minimum atomic E-state index is -3.64. The van der Waals surface area contributed by atoms with Gasteiger partial charge in [0.25, 0.3) is 10.0 Å². The lowest BCUT2D eigenvalue weighted by Crippen LogP contribution is -2.41. The van der Waals surface area contributed by atoms with Gasteiger partial charge >= 0.3 is 0 Å². The SMILES string of the molecule is Cc1ccc(NS(=O)(=O)c2ccc(CCC(=O)NCCN3CCOCC3)cc2)cc1. The van der Waals surface area contributed by atoms with Crippen molar-refractivity contribution >= 4 is 21.6 Å². The smallest absolute Gasteiger partial charge is 0.261 e. The molecule has 0 spiro atoms. The summed E-state index contributed by atoms with van der Waals surface area (Å²) < 4.78 is 32.9. The summed E-state index contributed by atoms with van der Waals surface area (Å²) in [6, 6.07) is 13.8. The first kappa shape index (κ1) is 22.3. The Morgan fingerprint density at radius 3 is 2.37 bits per heavy atom. The maximum absolute atomic E-state index is 12.5. The van der Waals surface area contributed by atoms with Crippen molar-refractivity contribution in [3.05, 3.63) is 59.7 Å². The van der Waals surface area contributed by atoms with Gasteiger partial charge in [0.05, 0.1) is 18.1 Å². The molecule has 7 nitrogen and oxygen atoms in total. The number of anilines is 1. The number of hydrogen-bond donors (Lipinski definition) is 2. The van der Waals surface area contributed by atoms with Gasteiger partial charge in [-0.15, -0.1) is 0 Å². The molecule has 1 saturated heterocycles. The molecule has 3 rings (SSSR count). The predicted molar refractivity (Wildman–Crippen MR) is 117 cm³/mol. The molecule has 0 atom stereocenters. The summed E-state index contributed by atoms with van der Waals surface area (Å²) in [7, 11) is -3.64. The zero-order chi connectivity index (χ0) is 21.4. The molecule has 2 aromatic carbocycles. The van der Waals surface area contributed by atoms with Gasteiger partial charge in [0.15, 0.2) is 0 Å². The van der Waals surface area contributed by atoms with Crippen LogP contribution < -0.4 is 10.0 Å². The van der Waals surface area contributed by atoms with Crippen LogP contribution in [-0.4, -0.2) is 58.6 Å². The van der Waals surface area contributed by atoms with Crippen molar-refractivity contribution in [2.24, 2.45) is 0 Å². The molecular formula is C22H29N3O4S. The summed E-state index contributed by atoms with van der Waals surface area (Å²) in [5.74, 6) is 0.000921. The fourth-order valence-corrected chi connectivity index (χ4v) is 4.25. The quantitative estimate of drug-likeness (QED) is 0.635. The van der Waals surface area contributed by atoms with E-state index in [0.717, 1.165) is 44.0 Å². The molecule has 1 aliphatic rings. The number of aryl methyl sites for hydroxylation is 2. The molecule has 1 amide bonds. The second-order valence-electron chi connectivity index (χ2n) is 7.42. The van der Waals surface area contributed by atoms with Crippen LogP contribution in [0.5, 0.6) is 0 Å². The molecule has 2 N–H and O–H groups in total. The first-order valence-electron chi connectivity index (χ1n) is 10.2. The van der Waals surface area contributed by atoms with Gasteiger partial charge in [0.1, 0.15) is 0 Å². The summed E-state index contributed by atoms with van der Waals surface area (Å²) >= 11 is 0. The topological polar surface area (TPSA) is 87.7 Å². The molecule has 2 aromatic rings. The van der Waals surface area contributed by atoms with Crippen LogP contribution in [0.1, 0.15) is 17.5 Å². The van der Waals surface area contributed by atoms with Gasteiger partial charge in [-0.3, -0.25) is 14.4 Å². The zero-order valence-electron chi connectivity index (χ0n) is 17.3. The predicted octanol–water partition coefficient (Wildman–Crippen LogP) is 2.18. The maximum atomic E-state index is 12.5. The van der Waals surface area contributed by atoms with E-state index in [1.54, 1.807) is 36.4 Å². The number of ether oxygens (including phenoxy) is 1. The van der Waals surface area contributed by atoms with Crippen LogP contribution in [-0.2, 0) is 26.0 Å². The monoisotopic (exact) mass is 431 g/mol. The van der Waals surface area contributed by atoms with E-state index in [2.05, 4.69) is 14.9 Å². The fraction of sp³-hybridized carbons (Fsp3) is 0.409. The van der Waals surface area contributed by atoms with Crippen LogP contribution in [0.3, 0.4) is 0 Å². The molecule has 0 aliphatic carbocycles. The van der Waals surface area contributed by atoms with Crippen molar-refractivity contribution in [3.63, 3.8) is 0 Å². The highest BCUT2D eigenvalue weighted by Gasteiger charge is 2.14. The Hall–Kier alpha value is -2.42. The second kappa shape index (κ2) is 10.6. The molecule has 30 heavy (non-hydrogen) atoms. The summed E-state index contributed by atoms with van der Waals surface area (Å²) in [5.41, 5.74) is 2.51. The van der Waals surface area contributed by atoms with Crippen LogP contribution in [0.2, 0.25) is 0 Å². The Bertz CT molecular complexity index is 922. The molecule has 1 fully saturated rings. The molecule has 162 valence electrons. The molecule has 0 saturated carbocycles. The lowest BCUT2D eigenvalue weighted by atomic mass is 10.1. The van der Waals surface area contributed by atoms with E-state index in [0.29, 0.717) is 25.1 Å². The van der Waals surface area contributed by atoms with Crippen LogP contribution in [0.4, 0.5) is 5.69 Å². The third-order valence-corrected chi connectivity index (χ3v) is 6.43. The van der Waals surface area contributed by atoms with Crippen molar-refractivity contribution in [1.29, 1.82) is 0 Å². The van der Waals surface area contributed by atoms with E-state index in [-0.39, 0.29) is 10.8 Å². The number of hydrogen-bond acceptors (Lipinski definition) is 5. The standard InChI is InChI=1S/C22H29N3O4S/c1-18-2-7-20(8-3-18)24-30(27,28)21-9-4-19(5-10-21)6-11-22(26)23-12-13-25-14-16-29-17-15-25/h2-5,7-10,24H,6,11-17H2,1H3,(H,23,26). The Balaban J connectivity index is 1.44. The summed E-state index contributed by atoms with van der Waals surface area (Å²) in [5, 5.41) is 2.94. The van der Waals surface area contributed by atoms with Crippen molar-refractivity contribution in [2.45, 2.75) is 24.7 Å². The largest absolute Gasteiger partial charge is 0.379 e. The van der Waals surface area contributed by atoms with Gasteiger partial charge in [-0.25, -0.2) is 8.42 Å². The number of benzene rings is 2. The summed E-state index contributed by atoms with van der Waals surface area (Å²) in [4.78, 5) is 14.5. The molecule has 8 heteroatoms. The van der Waals surface area contributed by atoms with E-state index in [1.165, 1.54) is 0 Å². The lowest BCUT2D eigenvalue weighted by Gasteiger charge is -2.26. The minimum absolute atomic E-state index is 0.000921. The lowest BCUT2D eigenvalue weighted by molar-refractivity contribution is -0.121. The third kappa shape index (κ3) is 6.83. The van der Waals surface area contributed by atoms with Gasteiger partial charge in [0, 0.05) is 38.3 Å². The Kier molecular flexibility index (Phi) is 7.84. The van der Waals surface area contributed by atoms with Crippen molar-refractivity contribution in [3.8, 4) is 0 Å². The second-order valence-corrected chi connectivity index (χ2v) is 9.10. The molecule has 1 heterocycles. The summed E-state index contributed by atoms with van der Waals surface area (Å²) in [6.45, 7) is 6.71. The van der Waals surface area contributed by atoms with Crippen molar-refractivity contribution in [2.75, 3.05) is 44.1 Å². The maximum Gasteiger partial charge on any atom is 0.261 e. The highest BCUT2D eigenvalue weighted by Crippen LogP contribution is 2.17. The van der Waals surface area contributed by atoms with Gasteiger partial charge in [-0.05, 0) is 43.2 Å². The van der Waals surface area contributed by atoms with E-state index >= 15 is 0 Å². The van der Waals surface area contributed by atoms with Crippen LogP contribution in [0.25, 0.3) is 0 Å². The van der Waals surface area contributed by atoms with E-state index < -0.39 is 10.0 Å². The molecular weight excluding hydrogens is 402 g/mol. The number of carbonyl (C=O) groups is 1. The number of sulfonamides is 1. The highest BCUT2D eigenvalue weighted by molar-refractivity contribution is 7.92. The highest BCUT2D eigenvalue weighted by atomic mass is 32.2. The Morgan fingerprint density at radius 2 is 1.70 bits per heavy atom. The average molecular weight is 432 g/mol. The fourth-order valence-electron chi connectivity index (χ4n) is 3.20. The minimum Gasteiger partial charge on any atom is -0.379 e. The van der Waals surface area contributed by atoms with E-state index in [4.69, 9.17) is 4.74 Å². The van der Waals surface area contributed by atoms with Crippen molar-refractivity contribution in [1.82, 2.24) is 10.2 Å². The number of morpholine rings is 1. The van der Waals surface area contributed by atoms with Crippen LogP contribution in [0.15, 0.2) is 53.4 Å². The number of rotatable bonds is 9. The molecule has 0 unspecified atom stereocenters. The van der Waals surface area contributed by atoms with Gasteiger partial charge in [0.2, 0.25) is 5.91 Å². The zero-order valence-corrected chi connectivity index (χ0v) is 18.1. The number of nitrogens with zero attached hydrogens (tertiary/aromatic N) is 1. The Labute approximate surface area is 178 Å².